The first kappa shape index (κ1) is 26.4. The van der Waals surface area contributed by atoms with Gasteiger partial charge in [0.1, 0.15) is 0 Å². The molecule has 4 nitrogen and oxygen atoms in total. The molecule has 0 bridgehead atoms. The minimum absolute atomic E-state index is 0.105. The number of aromatic nitrogens is 1. The lowest BCUT2D eigenvalue weighted by Gasteiger charge is -2.01. The van der Waals surface area contributed by atoms with Crippen molar-refractivity contribution in [3.8, 4) is 0 Å². The maximum atomic E-state index is 11.0. The number of hydrogen-bond acceptors (Lipinski definition) is 2. The monoisotopic (exact) mass is 400 g/mol. The molecule has 6 heteroatoms. The Kier molecular flexibility index (Phi) is 18.3. The highest BCUT2D eigenvalue weighted by molar-refractivity contribution is 6.15. The highest BCUT2D eigenvalue weighted by Crippen LogP contribution is 2.08. The summed E-state index contributed by atoms with van der Waals surface area (Å²) in [7, 11) is 0. The molecule has 0 atom stereocenters. The Bertz CT molecular complexity index is 594. The predicted molar refractivity (Wildman–Crippen MR) is 110 cm³/mol. The van der Waals surface area contributed by atoms with Crippen LogP contribution in [0.2, 0.25) is 0 Å². The standard InChI is InChI=1S/C18H23N2O2.2CH3Cl/c1-4-17(7-10-19-13-15(2)21)5-6-18-8-11-20(12-9-18)14-16(3)22;2*1-2/h4,7-12H,1,5-6,13-14H2,2-3H3;2*1H3/q+1;;/p+1/b17-7+,19-10?;;. The molecule has 0 saturated carbocycles. The first-order valence-electron chi connectivity index (χ1n) is 8.12. The molecule has 144 valence electrons. The number of rotatable bonds is 9. The van der Waals surface area contributed by atoms with Gasteiger partial charge in [0.25, 0.3) is 0 Å². The minimum atomic E-state index is 0.105. The third-order valence-corrected chi connectivity index (χ3v) is 3.10. The molecule has 1 N–H and O–H groups in total. The molecule has 0 radical (unpaired) electrons. The molecular weight excluding hydrogens is 371 g/mol. The Balaban J connectivity index is 0. The summed E-state index contributed by atoms with van der Waals surface area (Å²) >= 11 is 9.28. The number of nitrogens with zero attached hydrogens (tertiary/aromatic N) is 1. The molecular formula is C20H30Cl2N2O2+2. The molecule has 0 amide bonds. The van der Waals surface area contributed by atoms with Crippen LogP contribution in [0.15, 0.2) is 48.8 Å². The molecule has 0 aliphatic rings. The maximum absolute atomic E-state index is 11.0. The summed E-state index contributed by atoms with van der Waals surface area (Å²) in [5.74, 6) is 0.246. The van der Waals surface area contributed by atoms with Crippen molar-refractivity contribution in [2.24, 2.45) is 0 Å². The number of pyridine rings is 1. The second kappa shape index (κ2) is 18.0. The average molecular weight is 401 g/mol. The Morgan fingerprint density at radius 2 is 1.69 bits per heavy atom. The van der Waals surface area contributed by atoms with E-state index in [2.05, 4.69) is 34.8 Å². The van der Waals surface area contributed by atoms with Crippen LogP contribution in [0.3, 0.4) is 0 Å². The molecule has 0 unspecified atom stereocenters. The predicted octanol–water partition coefficient (Wildman–Crippen LogP) is 2.06. The van der Waals surface area contributed by atoms with E-state index in [9.17, 15) is 9.59 Å². The molecule has 0 aliphatic carbocycles. The Hall–Kier alpha value is -1.78. The van der Waals surface area contributed by atoms with Gasteiger partial charge >= 0.3 is 0 Å². The van der Waals surface area contributed by atoms with Gasteiger partial charge in [0, 0.05) is 44.8 Å². The van der Waals surface area contributed by atoms with E-state index in [1.54, 1.807) is 20.1 Å². The fraction of sp³-hybridized carbons (Fsp3) is 0.400. The largest absolute Gasteiger partial charge is 0.293 e. The van der Waals surface area contributed by atoms with Crippen molar-refractivity contribution >= 4 is 41.0 Å². The van der Waals surface area contributed by atoms with Gasteiger partial charge in [-0.1, -0.05) is 12.7 Å². The van der Waals surface area contributed by atoms with Crippen LogP contribution in [0.1, 0.15) is 25.8 Å². The summed E-state index contributed by atoms with van der Waals surface area (Å²) in [4.78, 5) is 24.8. The number of nitrogens with one attached hydrogen (secondary N) is 1. The highest BCUT2D eigenvalue weighted by atomic mass is 35.5. The lowest BCUT2D eigenvalue weighted by Crippen LogP contribution is -2.70. The fourth-order valence-electron chi connectivity index (χ4n) is 1.93. The number of aryl methyl sites for hydroxylation is 1. The minimum Gasteiger partial charge on any atom is -0.293 e. The van der Waals surface area contributed by atoms with Crippen molar-refractivity contribution in [2.45, 2.75) is 33.2 Å². The van der Waals surface area contributed by atoms with E-state index in [0.29, 0.717) is 13.1 Å². The van der Waals surface area contributed by atoms with Crippen molar-refractivity contribution in [2.75, 3.05) is 19.3 Å². The summed E-state index contributed by atoms with van der Waals surface area (Å²) < 4.78 is 1.87. The number of alkyl halides is 2. The van der Waals surface area contributed by atoms with E-state index >= 15 is 0 Å². The van der Waals surface area contributed by atoms with E-state index in [4.69, 9.17) is 0 Å². The Labute approximate surface area is 167 Å². The van der Waals surface area contributed by atoms with Gasteiger partial charge in [-0.15, -0.1) is 23.2 Å². The van der Waals surface area contributed by atoms with E-state index in [0.717, 1.165) is 18.4 Å². The second-order valence-electron chi connectivity index (χ2n) is 5.28. The molecule has 1 heterocycles. The van der Waals surface area contributed by atoms with Gasteiger partial charge in [0.2, 0.25) is 6.54 Å². The number of halogens is 2. The zero-order valence-corrected chi connectivity index (χ0v) is 17.6. The van der Waals surface area contributed by atoms with Crippen molar-refractivity contribution in [1.82, 2.24) is 0 Å². The SMILES string of the molecule is C=C/C(=C\C=[NH+]CC(C)=O)CCc1cc[n+](CC(C)=O)cc1.CCl.CCl. The maximum Gasteiger partial charge on any atom is 0.206 e. The van der Waals surface area contributed by atoms with Gasteiger partial charge in [-0.25, -0.2) is 4.99 Å². The summed E-state index contributed by atoms with van der Waals surface area (Å²) in [5, 5.41) is 0. The highest BCUT2D eigenvalue weighted by Gasteiger charge is 2.04. The fourth-order valence-corrected chi connectivity index (χ4v) is 1.93. The van der Waals surface area contributed by atoms with E-state index < -0.39 is 0 Å². The number of ketones is 2. The molecule has 1 aromatic rings. The molecule has 0 aliphatic heterocycles. The zero-order valence-electron chi connectivity index (χ0n) is 16.1. The van der Waals surface area contributed by atoms with Gasteiger partial charge in [0.15, 0.2) is 36.7 Å². The van der Waals surface area contributed by atoms with Gasteiger partial charge in [-0.3, -0.25) is 9.59 Å². The number of Topliss-reactive ketones (excluding diaryl/α,β-unsaturated/α-hetero) is 2. The smallest absolute Gasteiger partial charge is 0.206 e. The van der Waals surface area contributed by atoms with Gasteiger partial charge in [-0.05, 0) is 24.0 Å². The van der Waals surface area contributed by atoms with Gasteiger partial charge in [-0.2, -0.15) is 4.57 Å². The molecule has 0 fully saturated rings. The van der Waals surface area contributed by atoms with Crippen LogP contribution in [0.4, 0.5) is 0 Å². The van der Waals surface area contributed by atoms with Crippen LogP contribution in [-0.2, 0) is 22.6 Å². The van der Waals surface area contributed by atoms with Crippen LogP contribution in [0, 0.1) is 0 Å². The molecule has 0 aromatic carbocycles. The summed E-state index contributed by atoms with van der Waals surface area (Å²) in [6, 6.07) is 4.06. The lowest BCUT2D eigenvalue weighted by atomic mass is 10.1. The average Bonchev–Trinajstić information content (AvgIpc) is 2.65. The first-order valence-corrected chi connectivity index (χ1v) is 9.63. The number of carbonyl (C=O) groups is 2. The van der Waals surface area contributed by atoms with E-state index in [-0.39, 0.29) is 11.6 Å². The van der Waals surface area contributed by atoms with Crippen molar-refractivity contribution < 1.29 is 19.1 Å². The first-order chi connectivity index (χ1) is 12.5. The lowest BCUT2D eigenvalue weighted by molar-refractivity contribution is -0.684. The van der Waals surface area contributed by atoms with Crippen molar-refractivity contribution in [1.29, 1.82) is 0 Å². The number of carbonyl (C=O) groups excluding carboxylic acids is 2. The van der Waals surface area contributed by atoms with Crippen molar-refractivity contribution in [3.63, 3.8) is 0 Å². The Morgan fingerprint density at radius 1 is 1.12 bits per heavy atom. The Morgan fingerprint density at radius 3 is 2.15 bits per heavy atom. The third-order valence-electron chi connectivity index (χ3n) is 3.10. The normalized spacial score (nSPS) is 10.3. The summed E-state index contributed by atoms with van der Waals surface area (Å²) in [6.07, 6.45) is 14.1. The van der Waals surface area contributed by atoms with Gasteiger partial charge < -0.3 is 0 Å². The third kappa shape index (κ3) is 14.6. The molecule has 0 spiro atoms. The number of allylic oxidation sites excluding steroid dienone is 3. The molecule has 26 heavy (non-hydrogen) atoms. The van der Waals surface area contributed by atoms with E-state index in [1.807, 2.05) is 41.2 Å². The van der Waals surface area contributed by atoms with Crippen LogP contribution in [0.25, 0.3) is 0 Å². The van der Waals surface area contributed by atoms with Crippen LogP contribution < -0.4 is 9.56 Å². The van der Waals surface area contributed by atoms with Gasteiger partial charge in [0.05, 0.1) is 0 Å². The molecule has 0 saturated heterocycles. The topological polar surface area (TPSA) is 52.0 Å². The molecule has 1 rings (SSSR count). The van der Waals surface area contributed by atoms with Crippen molar-refractivity contribution in [3.05, 3.63) is 54.4 Å². The number of hydrogen-bond donors (Lipinski definition) is 1. The quantitative estimate of drug-likeness (QED) is 0.298. The van der Waals surface area contributed by atoms with Crippen LogP contribution in [0.5, 0.6) is 0 Å². The zero-order chi connectivity index (χ0) is 20.4. The van der Waals surface area contributed by atoms with Crippen LogP contribution in [-0.4, -0.2) is 37.1 Å². The molecule has 1 aromatic heterocycles. The summed E-state index contributed by atoms with van der Waals surface area (Å²) in [6.45, 7) is 7.69. The van der Waals surface area contributed by atoms with Crippen LogP contribution >= 0.6 is 23.2 Å². The van der Waals surface area contributed by atoms with E-state index in [1.165, 1.54) is 18.3 Å². The summed E-state index contributed by atoms with van der Waals surface area (Å²) in [5.41, 5.74) is 2.32. The second-order valence-corrected chi connectivity index (χ2v) is 5.28.